The van der Waals surface area contributed by atoms with Crippen LogP contribution in [0.1, 0.15) is 30.4 Å². The molecule has 2 aromatic carbocycles. The van der Waals surface area contributed by atoms with Crippen molar-refractivity contribution in [2.75, 3.05) is 24.5 Å². The Balaban J connectivity index is 1.29. The van der Waals surface area contributed by atoms with Gasteiger partial charge in [0, 0.05) is 25.2 Å². The number of rotatable bonds is 7. The van der Waals surface area contributed by atoms with Gasteiger partial charge in [-0.3, -0.25) is 4.79 Å². The van der Waals surface area contributed by atoms with Gasteiger partial charge < -0.3 is 10.2 Å². The SMILES string of the molecule is Cc1cccc(-c2ccc(N3CCCC(C(=O)NCCCc4ccccc4)C3)nn2)c1. The summed E-state index contributed by atoms with van der Waals surface area (Å²) in [7, 11) is 0. The van der Waals surface area contributed by atoms with E-state index in [4.69, 9.17) is 0 Å². The lowest BCUT2D eigenvalue weighted by Crippen LogP contribution is -2.43. The summed E-state index contributed by atoms with van der Waals surface area (Å²) in [6, 6.07) is 22.7. The fourth-order valence-electron chi connectivity index (χ4n) is 4.14. The second-order valence-corrected chi connectivity index (χ2v) is 8.31. The fraction of sp³-hybridized carbons (Fsp3) is 0.346. The number of nitrogens with one attached hydrogen (secondary N) is 1. The van der Waals surface area contributed by atoms with Crippen molar-refractivity contribution in [2.45, 2.75) is 32.6 Å². The van der Waals surface area contributed by atoms with Crippen molar-refractivity contribution in [1.29, 1.82) is 0 Å². The van der Waals surface area contributed by atoms with Crippen LogP contribution in [-0.4, -0.2) is 35.7 Å². The standard InChI is InChI=1S/C26H30N4O/c1-20-8-5-12-22(18-20)24-14-15-25(29-28-24)30-17-7-13-23(19-30)26(31)27-16-6-11-21-9-3-2-4-10-21/h2-5,8-10,12,14-15,18,23H,6-7,11,13,16-17,19H2,1H3,(H,27,31). The number of amides is 1. The topological polar surface area (TPSA) is 58.1 Å². The molecule has 1 aromatic heterocycles. The van der Waals surface area contributed by atoms with Crippen LogP contribution in [0.15, 0.2) is 66.7 Å². The zero-order valence-corrected chi connectivity index (χ0v) is 18.1. The van der Waals surface area contributed by atoms with Crippen LogP contribution >= 0.6 is 0 Å². The molecule has 1 amide bonds. The van der Waals surface area contributed by atoms with Crippen molar-refractivity contribution in [3.05, 3.63) is 77.9 Å². The van der Waals surface area contributed by atoms with Crippen LogP contribution in [0.3, 0.4) is 0 Å². The Morgan fingerprint density at radius 1 is 1.06 bits per heavy atom. The van der Waals surface area contributed by atoms with Gasteiger partial charge in [-0.2, -0.15) is 0 Å². The third-order valence-corrected chi connectivity index (χ3v) is 5.86. The highest BCUT2D eigenvalue weighted by molar-refractivity contribution is 5.79. The number of aryl methyl sites for hydroxylation is 2. The lowest BCUT2D eigenvalue weighted by atomic mass is 9.97. The molecule has 1 saturated heterocycles. The van der Waals surface area contributed by atoms with E-state index in [1.165, 1.54) is 11.1 Å². The van der Waals surface area contributed by atoms with Crippen molar-refractivity contribution in [1.82, 2.24) is 15.5 Å². The second-order valence-electron chi connectivity index (χ2n) is 8.31. The molecule has 1 unspecified atom stereocenters. The number of carbonyl (C=O) groups is 1. The van der Waals surface area contributed by atoms with Gasteiger partial charge in [0.15, 0.2) is 5.82 Å². The zero-order chi connectivity index (χ0) is 21.5. The molecule has 3 aromatic rings. The Labute approximate surface area is 184 Å². The van der Waals surface area contributed by atoms with Gasteiger partial charge in [0.05, 0.1) is 11.6 Å². The Morgan fingerprint density at radius 3 is 2.71 bits per heavy atom. The molecule has 1 aliphatic rings. The van der Waals surface area contributed by atoms with Gasteiger partial charge in [-0.25, -0.2) is 0 Å². The largest absolute Gasteiger partial charge is 0.356 e. The molecule has 160 valence electrons. The van der Waals surface area contributed by atoms with Gasteiger partial charge >= 0.3 is 0 Å². The summed E-state index contributed by atoms with van der Waals surface area (Å²) in [4.78, 5) is 14.9. The average Bonchev–Trinajstić information content (AvgIpc) is 2.82. The molecule has 4 rings (SSSR count). The first-order chi connectivity index (χ1) is 15.2. The average molecular weight is 415 g/mol. The Hall–Kier alpha value is -3.21. The van der Waals surface area contributed by atoms with Crippen LogP contribution in [0.2, 0.25) is 0 Å². The van der Waals surface area contributed by atoms with E-state index in [9.17, 15) is 4.79 Å². The van der Waals surface area contributed by atoms with Crippen molar-refractivity contribution in [2.24, 2.45) is 5.92 Å². The molecule has 0 spiro atoms. The predicted octanol–water partition coefficient (Wildman–Crippen LogP) is 4.42. The number of aromatic nitrogens is 2. The molecular formula is C26H30N4O. The molecule has 1 fully saturated rings. The van der Waals surface area contributed by atoms with Crippen LogP contribution in [0.25, 0.3) is 11.3 Å². The molecule has 5 nitrogen and oxygen atoms in total. The minimum atomic E-state index is 0.00345. The molecule has 31 heavy (non-hydrogen) atoms. The molecule has 0 bridgehead atoms. The molecule has 1 N–H and O–H groups in total. The summed E-state index contributed by atoms with van der Waals surface area (Å²) in [5, 5.41) is 12.0. The van der Waals surface area contributed by atoms with Gasteiger partial charge in [-0.05, 0) is 56.4 Å². The van der Waals surface area contributed by atoms with E-state index in [-0.39, 0.29) is 11.8 Å². The summed E-state index contributed by atoms with van der Waals surface area (Å²) in [5.41, 5.74) is 4.47. The maximum absolute atomic E-state index is 12.7. The lowest BCUT2D eigenvalue weighted by Gasteiger charge is -2.32. The Morgan fingerprint density at radius 2 is 1.94 bits per heavy atom. The highest BCUT2D eigenvalue weighted by Gasteiger charge is 2.26. The van der Waals surface area contributed by atoms with E-state index < -0.39 is 0 Å². The molecule has 1 aliphatic heterocycles. The molecule has 0 saturated carbocycles. The number of hydrogen-bond donors (Lipinski definition) is 1. The lowest BCUT2D eigenvalue weighted by molar-refractivity contribution is -0.125. The first-order valence-electron chi connectivity index (χ1n) is 11.2. The van der Waals surface area contributed by atoms with Crippen LogP contribution in [-0.2, 0) is 11.2 Å². The monoisotopic (exact) mass is 414 g/mol. The quantitative estimate of drug-likeness (QED) is 0.582. The van der Waals surface area contributed by atoms with E-state index in [1.807, 2.05) is 24.3 Å². The van der Waals surface area contributed by atoms with E-state index >= 15 is 0 Å². The van der Waals surface area contributed by atoms with E-state index in [0.29, 0.717) is 6.54 Å². The maximum Gasteiger partial charge on any atom is 0.224 e. The highest BCUT2D eigenvalue weighted by Crippen LogP contribution is 2.24. The molecule has 1 atom stereocenters. The van der Waals surface area contributed by atoms with E-state index in [1.54, 1.807) is 0 Å². The van der Waals surface area contributed by atoms with Crippen LogP contribution in [0, 0.1) is 12.8 Å². The van der Waals surface area contributed by atoms with E-state index in [2.05, 4.69) is 69.8 Å². The van der Waals surface area contributed by atoms with Gasteiger partial charge in [0.25, 0.3) is 0 Å². The first-order valence-corrected chi connectivity index (χ1v) is 11.2. The first kappa shape index (κ1) is 21.0. The van der Waals surface area contributed by atoms with Gasteiger partial charge in [-0.1, -0.05) is 54.1 Å². The molecule has 2 heterocycles. The number of anilines is 1. The van der Waals surface area contributed by atoms with Gasteiger partial charge in [-0.15, -0.1) is 10.2 Å². The second kappa shape index (κ2) is 10.2. The molecule has 5 heteroatoms. The number of piperidine rings is 1. The van der Waals surface area contributed by atoms with Crippen LogP contribution < -0.4 is 10.2 Å². The third-order valence-electron chi connectivity index (χ3n) is 5.86. The van der Waals surface area contributed by atoms with Crippen molar-refractivity contribution >= 4 is 11.7 Å². The number of benzene rings is 2. The van der Waals surface area contributed by atoms with Crippen molar-refractivity contribution < 1.29 is 4.79 Å². The van der Waals surface area contributed by atoms with Gasteiger partial charge in [0.1, 0.15) is 0 Å². The van der Waals surface area contributed by atoms with Crippen LogP contribution in [0.4, 0.5) is 5.82 Å². The third kappa shape index (κ3) is 5.69. The zero-order valence-electron chi connectivity index (χ0n) is 18.1. The van der Waals surface area contributed by atoms with Crippen molar-refractivity contribution in [3.63, 3.8) is 0 Å². The summed E-state index contributed by atoms with van der Waals surface area (Å²) in [5.74, 6) is 1.00. The van der Waals surface area contributed by atoms with Gasteiger partial charge in [0.2, 0.25) is 5.91 Å². The summed E-state index contributed by atoms with van der Waals surface area (Å²) < 4.78 is 0. The maximum atomic E-state index is 12.7. The number of hydrogen-bond acceptors (Lipinski definition) is 4. The fourth-order valence-corrected chi connectivity index (χ4v) is 4.14. The van der Waals surface area contributed by atoms with Crippen LogP contribution in [0.5, 0.6) is 0 Å². The predicted molar refractivity (Wildman–Crippen MR) is 125 cm³/mol. The number of nitrogens with zero attached hydrogens (tertiary/aromatic N) is 3. The normalized spacial score (nSPS) is 16.2. The summed E-state index contributed by atoms with van der Waals surface area (Å²) in [6.45, 7) is 4.40. The van der Waals surface area contributed by atoms with Crippen molar-refractivity contribution in [3.8, 4) is 11.3 Å². The number of carbonyl (C=O) groups excluding carboxylic acids is 1. The summed E-state index contributed by atoms with van der Waals surface area (Å²) in [6.07, 6.45) is 3.86. The molecular weight excluding hydrogens is 384 g/mol. The Kier molecular flexibility index (Phi) is 6.92. The Bertz CT molecular complexity index is 988. The molecule has 0 aliphatic carbocycles. The highest BCUT2D eigenvalue weighted by atomic mass is 16.1. The van der Waals surface area contributed by atoms with E-state index in [0.717, 1.165) is 55.8 Å². The molecule has 0 radical (unpaired) electrons. The summed E-state index contributed by atoms with van der Waals surface area (Å²) >= 11 is 0. The minimum absolute atomic E-state index is 0.00345. The smallest absolute Gasteiger partial charge is 0.224 e. The minimum Gasteiger partial charge on any atom is -0.356 e.